The van der Waals surface area contributed by atoms with Gasteiger partial charge in [-0.3, -0.25) is 0 Å². The summed E-state index contributed by atoms with van der Waals surface area (Å²) in [5.74, 6) is -3.17. The minimum Gasteiger partial charge on any atom is -0.207 e. The van der Waals surface area contributed by atoms with Crippen molar-refractivity contribution < 1.29 is 17.6 Å². The van der Waals surface area contributed by atoms with Crippen LogP contribution in [0.3, 0.4) is 0 Å². The van der Waals surface area contributed by atoms with Crippen molar-refractivity contribution in [1.82, 2.24) is 0 Å². The van der Waals surface area contributed by atoms with Crippen molar-refractivity contribution in [2.45, 2.75) is 44.9 Å². The third-order valence-electron chi connectivity index (χ3n) is 4.88. The van der Waals surface area contributed by atoms with Gasteiger partial charge in [0.15, 0.2) is 11.6 Å². The van der Waals surface area contributed by atoms with Crippen molar-refractivity contribution in [1.29, 1.82) is 0 Å². The van der Waals surface area contributed by atoms with Crippen LogP contribution in [0.1, 0.15) is 47.9 Å². The molecule has 0 amide bonds. The van der Waals surface area contributed by atoms with Gasteiger partial charge in [-0.1, -0.05) is 18.2 Å². The Morgan fingerprint density at radius 1 is 1.04 bits per heavy atom. The number of rotatable bonds is 4. The molecule has 4 heteroatoms. The highest BCUT2D eigenvalue weighted by Crippen LogP contribution is 2.37. The van der Waals surface area contributed by atoms with E-state index in [1.165, 1.54) is 18.2 Å². The zero-order valence-corrected chi connectivity index (χ0v) is 14.1. The van der Waals surface area contributed by atoms with Crippen LogP contribution in [0, 0.1) is 23.3 Å². The fraction of sp³-hybridized carbons (Fsp3) is 0.333. The van der Waals surface area contributed by atoms with E-state index in [2.05, 4.69) is 0 Å². The lowest BCUT2D eigenvalue weighted by Gasteiger charge is -2.26. The summed E-state index contributed by atoms with van der Waals surface area (Å²) in [5, 5.41) is 0. The van der Waals surface area contributed by atoms with Gasteiger partial charge < -0.3 is 0 Å². The summed E-state index contributed by atoms with van der Waals surface area (Å²) in [6.07, 6.45) is 6.17. The molecule has 1 unspecified atom stereocenters. The average molecular weight is 348 g/mol. The second kappa shape index (κ2) is 7.42. The lowest BCUT2D eigenvalue weighted by molar-refractivity contribution is 0.460. The number of aryl methyl sites for hydroxylation is 1. The van der Waals surface area contributed by atoms with Crippen molar-refractivity contribution in [2.75, 3.05) is 0 Å². The van der Waals surface area contributed by atoms with Crippen LogP contribution in [-0.4, -0.2) is 0 Å². The maximum Gasteiger partial charge on any atom is 0.162 e. The number of halogens is 4. The second-order valence-electron chi connectivity index (χ2n) is 6.52. The molecule has 2 aromatic rings. The standard InChI is InChI=1S/C21H20F4/c1-2-3-4-5-13-10-18(23)20(19(24)11-13)15-6-8-16-14(12-15)7-9-17(22)21(16)25/h2-3,7,9-11,15H,4-6,8,12H2,1H3/b3-2+. The summed E-state index contributed by atoms with van der Waals surface area (Å²) in [6, 6.07) is 5.38. The van der Waals surface area contributed by atoms with Gasteiger partial charge in [0, 0.05) is 5.56 Å². The van der Waals surface area contributed by atoms with Crippen LogP contribution in [0.15, 0.2) is 36.4 Å². The van der Waals surface area contributed by atoms with Gasteiger partial charge in [0.05, 0.1) is 0 Å². The van der Waals surface area contributed by atoms with E-state index in [9.17, 15) is 17.6 Å². The van der Waals surface area contributed by atoms with Gasteiger partial charge in [0.2, 0.25) is 0 Å². The third kappa shape index (κ3) is 3.63. The maximum atomic E-state index is 14.5. The first-order valence-corrected chi connectivity index (χ1v) is 8.56. The molecule has 0 fully saturated rings. The van der Waals surface area contributed by atoms with Crippen molar-refractivity contribution in [2.24, 2.45) is 0 Å². The molecule has 0 saturated carbocycles. The molecule has 0 N–H and O–H groups in total. The summed E-state index contributed by atoms with van der Waals surface area (Å²) in [7, 11) is 0. The minimum atomic E-state index is -0.875. The predicted molar refractivity (Wildman–Crippen MR) is 90.6 cm³/mol. The lowest BCUT2D eigenvalue weighted by Crippen LogP contribution is -2.17. The van der Waals surface area contributed by atoms with Crippen molar-refractivity contribution >= 4 is 0 Å². The van der Waals surface area contributed by atoms with Gasteiger partial charge in [-0.2, -0.15) is 0 Å². The molecule has 0 bridgehead atoms. The molecule has 1 aliphatic rings. The summed E-state index contributed by atoms with van der Waals surface area (Å²) in [6.45, 7) is 1.90. The lowest BCUT2D eigenvalue weighted by atomic mass is 9.79. The number of benzene rings is 2. The molecule has 3 rings (SSSR count). The van der Waals surface area contributed by atoms with Gasteiger partial charge in [-0.15, -0.1) is 0 Å². The molecular weight excluding hydrogens is 328 g/mol. The molecular formula is C21H20F4. The Hall–Kier alpha value is -2.10. The smallest absolute Gasteiger partial charge is 0.162 e. The SMILES string of the molecule is C/C=C/CCc1cc(F)c(C2CCc3c(ccc(F)c3F)C2)c(F)c1. The Bertz CT molecular complexity index is 785. The van der Waals surface area contributed by atoms with Crippen LogP contribution in [-0.2, 0) is 19.3 Å². The van der Waals surface area contributed by atoms with Crippen LogP contribution in [0.5, 0.6) is 0 Å². The van der Waals surface area contributed by atoms with Crippen LogP contribution < -0.4 is 0 Å². The molecule has 0 nitrogen and oxygen atoms in total. The molecule has 0 spiro atoms. The molecule has 1 atom stereocenters. The molecule has 2 aromatic carbocycles. The Kier molecular flexibility index (Phi) is 5.26. The first kappa shape index (κ1) is 17.7. The van der Waals surface area contributed by atoms with Gasteiger partial charge in [0.25, 0.3) is 0 Å². The minimum absolute atomic E-state index is 0.0603. The highest BCUT2D eigenvalue weighted by atomic mass is 19.2. The largest absolute Gasteiger partial charge is 0.207 e. The van der Waals surface area contributed by atoms with Crippen LogP contribution in [0.25, 0.3) is 0 Å². The van der Waals surface area contributed by atoms with E-state index >= 15 is 0 Å². The maximum absolute atomic E-state index is 14.5. The number of fused-ring (bicyclic) bond motifs is 1. The van der Waals surface area contributed by atoms with Gasteiger partial charge in [-0.25, -0.2) is 17.6 Å². The van der Waals surface area contributed by atoms with Crippen molar-refractivity contribution in [3.05, 3.63) is 81.9 Å². The van der Waals surface area contributed by atoms with E-state index in [0.29, 0.717) is 36.0 Å². The average Bonchev–Trinajstić information content (AvgIpc) is 2.58. The van der Waals surface area contributed by atoms with E-state index in [-0.39, 0.29) is 17.9 Å². The van der Waals surface area contributed by atoms with Crippen LogP contribution >= 0.6 is 0 Å². The monoisotopic (exact) mass is 348 g/mol. The molecule has 0 radical (unpaired) electrons. The van der Waals surface area contributed by atoms with Crippen molar-refractivity contribution in [3.8, 4) is 0 Å². The van der Waals surface area contributed by atoms with Gasteiger partial charge in [-0.05, 0) is 79.8 Å². The van der Waals surface area contributed by atoms with Gasteiger partial charge >= 0.3 is 0 Å². The quantitative estimate of drug-likeness (QED) is 0.468. The molecule has 25 heavy (non-hydrogen) atoms. The third-order valence-corrected chi connectivity index (χ3v) is 4.88. The number of hydrogen-bond acceptors (Lipinski definition) is 0. The summed E-state index contributed by atoms with van der Waals surface area (Å²) in [4.78, 5) is 0. The molecule has 0 heterocycles. The first-order valence-electron chi connectivity index (χ1n) is 8.56. The molecule has 132 valence electrons. The fourth-order valence-corrected chi connectivity index (χ4v) is 3.61. The molecule has 0 saturated heterocycles. The Labute approximate surface area is 145 Å². The fourth-order valence-electron chi connectivity index (χ4n) is 3.61. The second-order valence-corrected chi connectivity index (χ2v) is 6.52. The molecule has 1 aliphatic carbocycles. The summed E-state index contributed by atoms with van der Waals surface area (Å²) >= 11 is 0. The zero-order valence-electron chi connectivity index (χ0n) is 14.1. The first-order chi connectivity index (χ1) is 12.0. The van der Waals surface area contributed by atoms with Gasteiger partial charge in [0.1, 0.15) is 11.6 Å². The van der Waals surface area contributed by atoms with E-state index in [1.807, 2.05) is 19.1 Å². The predicted octanol–water partition coefficient (Wildman–Crippen LogP) is 6.02. The Morgan fingerprint density at radius 3 is 2.44 bits per heavy atom. The Balaban J connectivity index is 1.86. The van der Waals surface area contributed by atoms with E-state index in [0.717, 1.165) is 12.5 Å². The number of allylic oxidation sites excluding steroid dienone is 2. The highest BCUT2D eigenvalue weighted by Gasteiger charge is 2.28. The summed E-state index contributed by atoms with van der Waals surface area (Å²) < 4.78 is 56.2. The van der Waals surface area contributed by atoms with Crippen molar-refractivity contribution in [3.63, 3.8) is 0 Å². The highest BCUT2D eigenvalue weighted by molar-refractivity contribution is 5.37. The summed E-state index contributed by atoms with van der Waals surface area (Å²) in [5.41, 5.74) is 1.65. The zero-order chi connectivity index (χ0) is 18.0. The molecule has 0 aromatic heterocycles. The van der Waals surface area contributed by atoms with Crippen LogP contribution in [0.4, 0.5) is 17.6 Å². The normalized spacial score (nSPS) is 17.1. The number of hydrogen-bond donors (Lipinski definition) is 0. The van der Waals surface area contributed by atoms with E-state index < -0.39 is 23.3 Å². The van der Waals surface area contributed by atoms with E-state index in [1.54, 1.807) is 0 Å². The Morgan fingerprint density at radius 2 is 1.76 bits per heavy atom. The topological polar surface area (TPSA) is 0 Å². The van der Waals surface area contributed by atoms with Crippen LogP contribution in [0.2, 0.25) is 0 Å². The van der Waals surface area contributed by atoms with E-state index in [4.69, 9.17) is 0 Å². The molecule has 0 aliphatic heterocycles.